The van der Waals surface area contributed by atoms with Crippen LogP contribution in [0.15, 0.2) is 65.3 Å². The first-order valence-corrected chi connectivity index (χ1v) is 8.74. The quantitative estimate of drug-likeness (QED) is 0.654. The first-order chi connectivity index (χ1) is 12.5. The molecule has 0 bridgehead atoms. The number of carbonyl (C=O) groups is 1. The first-order valence-electron chi connectivity index (χ1n) is 7.95. The van der Waals surface area contributed by atoms with Crippen LogP contribution in [0, 0.1) is 0 Å². The summed E-state index contributed by atoms with van der Waals surface area (Å²) in [5, 5.41) is 14.1. The lowest BCUT2D eigenvalue weighted by Crippen LogP contribution is -2.11. The maximum absolute atomic E-state index is 12.3. The highest BCUT2D eigenvalue weighted by Gasteiger charge is 2.07. The Balaban J connectivity index is 1.67. The highest BCUT2D eigenvalue weighted by molar-refractivity contribution is 9.10. The van der Waals surface area contributed by atoms with Crippen LogP contribution in [0.3, 0.4) is 0 Å². The molecule has 26 heavy (non-hydrogen) atoms. The predicted molar refractivity (Wildman–Crippen MR) is 108 cm³/mol. The van der Waals surface area contributed by atoms with Gasteiger partial charge in [-0.3, -0.25) is 4.79 Å². The Hall–Kier alpha value is -2.93. The van der Waals surface area contributed by atoms with E-state index in [2.05, 4.69) is 36.8 Å². The summed E-state index contributed by atoms with van der Waals surface area (Å²) in [4.78, 5) is 14.2. The Morgan fingerprint density at radius 2 is 1.77 bits per heavy atom. The number of nitrogens with zero attached hydrogens (tertiary/aromatic N) is 3. The zero-order valence-corrected chi connectivity index (χ0v) is 16.0. The van der Waals surface area contributed by atoms with Crippen molar-refractivity contribution in [3.63, 3.8) is 0 Å². The van der Waals surface area contributed by atoms with E-state index in [4.69, 9.17) is 0 Å². The van der Waals surface area contributed by atoms with Gasteiger partial charge in [0, 0.05) is 41.6 Å². The molecule has 1 aromatic heterocycles. The van der Waals surface area contributed by atoms with Crippen molar-refractivity contribution in [1.82, 2.24) is 10.2 Å². The predicted octanol–water partition coefficient (Wildman–Crippen LogP) is 4.30. The van der Waals surface area contributed by atoms with Crippen molar-refractivity contribution >= 4 is 44.7 Å². The van der Waals surface area contributed by atoms with E-state index in [0.29, 0.717) is 17.1 Å². The molecule has 3 rings (SSSR count). The third-order valence-corrected chi connectivity index (χ3v) is 4.15. The van der Waals surface area contributed by atoms with Crippen molar-refractivity contribution in [3.05, 3.63) is 70.8 Å². The van der Waals surface area contributed by atoms with E-state index in [-0.39, 0.29) is 5.91 Å². The van der Waals surface area contributed by atoms with E-state index < -0.39 is 0 Å². The molecule has 0 saturated carbocycles. The molecule has 7 heteroatoms. The van der Waals surface area contributed by atoms with Gasteiger partial charge in [0.05, 0.1) is 11.9 Å². The number of anilines is 4. The summed E-state index contributed by atoms with van der Waals surface area (Å²) in [5.41, 5.74) is 3.13. The molecule has 3 aromatic rings. The van der Waals surface area contributed by atoms with E-state index >= 15 is 0 Å². The summed E-state index contributed by atoms with van der Waals surface area (Å²) in [7, 11) is 3.90. The lowest BCUT2D eigenvalue weighted by molar-refractivity contribution is 0.102. The molecule has 1 amide bonds. The number of aromatic nitrogens is 2. The van der Waals surface area contributed by atoms with Crippen molar-refractivity contribution in [1.29, 1.82) is 0 Å². The minimum absolute atomic E-state index is 0.156. The fraction of sp³-hybridized carbons (Fsp3) is 0.105. The van der Waals surface area contributed by atoms with Crippen LogP contribution in [0.1, 0.15) is 10.4 Å². The minimum atomic E-state index is -0.156. The highest BCUT2D eigenvalue weighted by atomic mass is 79.9. The summed E-state index contributed by atoms with van der Waals surface area (Å²) >= 11 is 3.37. The van der Waals surface area contributed by atoms with Crippen LogP contribution < -0.4 is 15.5 Å². The number of hydrogen-bond donors (Lipinski definition) is 2. The maximum atomic E-state index is 12.3. The highest BCUT2D eigenvalue weighted by Crippen LogP contribution is 2.20. The maximum Gasteiger partial charge on any atom is 0.255 e. The largest absolute Gasteiger partial charge is 0.376 e. The molecule has 0 aliphatic carbocycles. The summed E-state index contributed by atoms with van der Waals surface area (Å²) in [5.74, 6) is 0.499. The summed E-state index contributed by atoms with van der Waals surface area (Å²) in [6.07, 6.45) is 1.70. The van der Waals surface area contributed by atoms with Crippen molar-refractivity contribution in [2.75, 3.05) is 29.6 Å². The SMILES string of the molecule is CN(C)c1cnnc(Nc2ccc(NC(=O)c3cccc(Br)c3)cc2)c1. The Labute approximate surface area is 160 Å². The molecule has 6 nitrogen and oxygen atoms in total. The number of halogens is 1. The molecule has 2 aromatic carbocycles. The molecule has 0 spiro atoms. The lowest BCUT2D eigenvalue weighted by Gasteiger charge is -2.13. The monoisotopic (exact) mass is 411 g/mol. The van der Waals surface area contributed by atoms with E-state index in [1.807, 2.05) is 61.5 Å². The van der Waals surface area contributed by atoms with Crippen LogP contribution in [-0.2, 0) is 0 Å². The lowest BCUT2D eigenvalue weighted by atomic mass is 10.2. The first kappa shape index (κ1) is 17.9. The molecule has 0 aliphatic rings. The van der Waals surface area contributed by atoms with E-state index in [9.17, 15) is 4.79 Å². The van der Waals surface area contributed by atoms with Crippen LogP contribution in [0.2, 0.25) is 0 Å². The van der Waals surface area contributed by atoms with Gasteiger partial charge in [0.25, 0.3) is 5.91 Å². The van der Waals surface area contributed by atoms with Gasteiger partial charge in [-0.1, -0.05) is 22.0 Å². The van der Waals surface area contributed by atoms with E-state index in [1.165, 1.54) is 0 Å². The topological polar surface area (TPSA) is 70.2 Å². The Morgan fingerprint density at radius 1 is 1.04 bits per heavy atom. The van der Waals surface area contributed by atoms with E-state index in [0.717, 1.165) is 15.8 Å². The van der Waals surface area contributed by atoms with Crippen LogP contribution >= 0.6 is 15.9 Å². The van der Waals surface area contributed by atoms with Crippen molar-refractivity contribution in [3.8, 4) is 0 Å². The van der Waals surface area contributed by atoms with Gasteiger partial charge in [0.15, 0.2) is 5.82 Å². The minimum Gasteiger partial charge on any atom is -0.376 e. The fourth-order valence-corrected chi connectivity index (χ4v) is 2.68. The molecule has 0 unspecified atom stereocenters. The molecule has 0 saturated heterocycles. The molecule has 0 fully saturated rings. The second-order valence-corrected chi connectivity index (χ2v) is 6.78. The normalized spacial score (nSPS) is 10.3. The average molecular weight is 412 g/mol. The summed E-state index contributed by atoms with van der Waals surface area (Å²) in [6.45, 7) is 0. The third kappa shape index (κ3) is 4.58. The van der Waals surface area contributed by atoms with Gasteiger partial charge < -0.3 is 15.5 Å². The molecule has 0 atom stereocenters. The van der Waals surface area contributed by atoms with Crippen molar-refractivity contribution in [2.45, 2.75) is 0 Å². The Kier molecular flexibility index (Phi) is 5.48. The van der Waals surface area contributed by atoms with Crippen LogP contribution in [-0.4, -0.2) is 30.2 Å². The molecular formula is C19H18BrN5O. The number of carbonyl (C=O) groups excluding carboxylic acids is 1. The molecule has 1 heterocycles. The number of amides is 1. The van der Waals surface area contributed by atoms with Crippen LogP contribution in [0.5, 0.6) is 0 Å². The zero-order chi connectivity index (χ0) is 18.5. The molecule has 0 aliphatic heterocycles. The molecule has 0 radical (unpaired) electrons. The molecule has 132 valence electrons. The number of hydrogen-bond acceptors (Lipinski definition) is 5. The Morgan fingerprint density at radius 3 is 2.46 bits per heavy atom. The second kappa shape index (κ2) is 7.97. The van der Waals surface area contributed by atoms with Crippen molar-refractivity contribution in [2.24, 2.45) is 0 Å². The zero-order valence-electron chi connectivity index (χ0n) is 14.4. The van der Waals surface area contributed by atoms with Gasteiger partial charge in [0.2, 0.25) is 0 Å². The molecular weight excluding hydrogens is 394 g/mol. The van der Waals surface area contributed by atoms with Crippen LogP contribution in [0.25, 0.3) is 0 Å². The van der Waals surface area contributed by atoms with Gasteiger partial charge in [-0.15, -0.1) is 5.10 Å². The number of rotatable bonds is 5. The van der Waals surface area contributed by atoms with Gasteiger partial charge in [0.1, 0.15) is 0 Å². The average Bonchev–Trinajstić information content (AvgIpc) is 2.63. The standard InChI is InChI=1S/C19H18BrN5O/c1-25(2)17-11-18(24-21-12-17)22-15-6-8-16(9-7-15)23-19(26)13-4-3-5-14(20)10-13/h3-12H,1-2H3,(H,22,24)(H,23,26). The number of nitrogens with one attached hydrogen (secondary N) is 2. The third-order valence-electron chi connectivity index (χ3n) is 3.66. The molecule has 2 N–H and O–H groups in total. The van der Waals surface area contributed by atoms with Crippen molar-refractivity contribution < 1.29 is 4.79 Å². The van der Waals surface area contributed by atoms with Gasteiger partial charge in [-0.25, -0.2) is 0 Å². The summed E-state index contributed by atoms with van der Waals surface area (Å²) in [6, 6.07) is 16.6. The van der Waals surface area contributed by atoms with E-state index in [1.54, 1.807) is 18.3 Å². The second-order valence-electron chi connectivity index (χ2n) is 5.86. The van der Waals surface area contributed by atoms with Gasteiger partial charge in [-0.05, 0) is 42.5 Å². The van der Waals surface area contributed by atoms with Crippen LogP contribution in [0.4, 0.5) is 22.9 Å². The fourth-order valence-electron chi connectivity index (χ4n) is 2.28. The van der Waals surface area contributed by atoms with Gasteiger partial charge in [-0.2, -0.15) is 5.10 Å². The summed E-state index contributed by atoms with van der Waals surface area (Å²) < 4.78 is 0.866. The Bertz CT molecular complexity index is 912. The van der Waals surface area contributed by atoms with Gasteiger partial charge >= 0.3 is 0 Å². The number of benzene rings is 2. The smallest absolute Gasteiger partial charge is 0.255 e.